The monoisotopic (exact) mass is 366 g/mol. The summed E-state index contributed by atoms with van der Waals surface area (Å²) in [4.78, 5) is 22.5. The molecule has 0 saturated heterocycles. The minimum Gasteiger partial charge on any atom is -0.459 e. The molecule has 0 fully saturated rings. The molecule has 0 aromatic carbocycles. The Morgan fingerprint density at radius 2 is 2.28 bits per heavy atom. The van der Waals surface area contributed by atoms with Crippen molar-refractivity contribution >= 4 is 34.9 Å². The van der Waals surface area contributed by atoms with Crippen LogP contribution in [0.4, 0.5) is 0 Å². The van der Waals surface area contributed by atoms with Crippen molar-refractivity contribution in [1.29, 1.82) is 0 Å². The molecule has 0 radical (unpaired) electrons. The Kier molecular flexibility index (Phi) is 6.73. The molecule has 0 bridgehead atoms. The first-order chi connectivity index (χ1) is 8.65. The number of hydrogen-bond donors (Lipinski definition) is 2. The van der Waals surface area contributed by atoms with Gasteiger partial charge in [-0.15, -0.1) is 0 Å². The third-order valence-corrected chi connectivity index (χ3v) is 2.79. The van der Waals surface area contributed by atoms with Crippen LogP contribution < -0.4 is 11.1 Å². The van der Waals surface area contributed by atoms with Crippen LogP contribution >= 0.6 is 23.0 Å². The van der Waals surface area contributed by atoms with Gasteiger partial charge in [-0.2, -0.15) is 0 Å². The average molecular weight is 366 g/mol. The fraction of sp³-hybridized carbons (Fsp3) is 0.455. The second kappa shape index (κ2) is 8.09. The van der Waals surface area contributed by atoms with Crippen molar-refractivity contribution in [3.63, 3.8) is 0 Å². The van der Waals surface area contributed by atoms with E-state index in [9.17, 15) is 9.59 Å². The molecule has 18 heavy (non-hydrogen) atoms. The third kappa shape index (κ3) is 5.05. The first-order valence-corrected chi connectivity index (χ1v) is 6.43. The highest BCUT2D eigenvalue weighted by molar-refractivity contribution is 14.1. The summed E-state index contributed by atoms with van der Waals surface area (Å²) in [6.45, 7) is 0.519. The van der Waals surface area contributed by atoms with Gasteiger partial charge >= 0.3 is 5.97 Å². The lowest BCUT2D eigenvalue weighted by atomic mass is 10.1. The van der Waals surface area contributed by atoms with Crippen molar-refractivity contribution in [2.45, 2.75) is 25.3 Å². The van der Waals surface area contributed by atoms with Gasteiger partial charge in [-0.25, -0.2) is 4.79 Å². The molecule has 1 aromatic heterocycles. The summed E-state index contributed by atoms with van der Waals surface area (Å²) in [6.07, 6.45) is 3.47. The van der Waals surface area contributed by atoms with Gasteiger partial charge in [0.25, 0.3) is 5.91 Å². The Labute approximate surface area is 119 Å². The lowest BCUT2D eigenvalue weighted by molar-refractivity contribution is -0.132. The van der Waals surface area contributed by atoms with Crippen LogP contribution in [0.5, 0.6) is 0 Å². The number of rotatable bonds is 7. The topological polar surface area (TPSA) is 94.6 Å². The largest absolute Gasteiger partial charge is 0.459 e. The second-order valence-electron chi connectivity index (χ2n) is 3.73. The van der Waals surface area contributed by atoms with Gasteiger partial charge in [0.05, 0.1) is 6.26 Å². The molecule has 7 heteroatoms. The Morgan fingerprint density at radius 3 is 2.89 bits per heavy atom. The molecule has 0 spiro atoms. The van der Waals surface area contributed by atoms with Crippen LogP contribution in [0.3, 0.4) is 0 Å². The summed E-state index contributed by atoms with van der Waals surface area (Å²) in [7, 11) is 0. The molecule has 0 aliphatic carbocycles. The van der Waals surface area contributed by atoms with Crippen molar-refractivity contribution < 1.29 is 17.1 Å². The van der Waals surface area contributed by atoms with Gasteiger partial charge in [0.15, 0.2) is 28.8 Å². The molecule has 0 aliphatic rings. The molecular formula is C11H15IN2O4. The molecule has 0 aliphatic heterocycles. The van der Waals surface area contributed by atoms with Crippen LogP contribution in [0.25, 0.3) is 0 Å². The summed E-state index contributed by atoms with van der Waals surface area (Å²) >= 11 is 1.51. The van der Waals surface area contributed by atoms with E-state index < -0.39 is 12.0 Å². The Hall–Kier alpha value is -1.09. The number of unbranched alkanes of at least 4 members (excludes halogenated alkanes) is 1. The molecule has 1 unspecified atom stereocenters. The number of halogens is 1. The van der Waals surface area contributed by atoms with Gasteiger partial charge in [-0.3, -0.25) is 4.79 Å². The van der Waals surface area contributed by atoms with Crippen molar-refractivity contribution in [3.05, 3.63) is 24.2 Å². The maximum atomic E-state index is 11.5. The number of carbonyl (C=O) groups is 2. The molecule has 1 aromatic rings. The Bertz CT molecular complexity index is 380. The lowest BCUT2D eigenvalue weighted by Crippen LogP contribution is -2.30. The molecule has 1 atom stereocenters. The zero-order chi connectivity index (χ0) is 13.4. The number of amides is 1. The van der Waals surface area contributed by atoms with E-state index in [1.54, 1.807) is 12.1 Å². The van der Waals surface area contributed by atoms with E-state index in [1.807, 2.05) is 0 Å². The van der Waals surface area contributed by atoms with E-state index in [0.29, 0.717) is 18.7 Å². The van der Waals surface area contributed by atoms with E-state index in [-0.39, 0.29) is 5.91 Å². The normalized spacial score (nSPS) is 11.9. The van der Waals surface area contributed by atoms with Crippen LogP contribution in [0, 0.1) is 0 Å². The third-order valence-electron chi connectivity index (χ3n) is 2.35. The molecule has 1 rings (SSSR count). The molecular weight excluding hydrogens is 351 g/mol. The minimum atomic E-state index is -0.595. The summed E-state index contributed by atoms with van der Waals surface area (Å²) in [5, 5.41) is 2.71. The Morgan fingerprint density at radius 1 is 1.50 bits per heavy atom. The van der Waals surface area contributed by atoms with Crippen LogP contribution in [-0.2, 0) is 7.86 Å². The highest BCUT2D eigenvalue weighted by atomic mass is 127. The van der Waals surface area contributed by atoms with Gasteiger partial charge in [-0.1, -0.05) is 0 Å². The summed E-state index contributed by atoms with van der Waals surface area (Å²) in [6, 6.07) is 2.66. The Balaban J connectivity index is 2.09. The van der Waals surface area contributed by atoms with E-state index in [1.165, 1.54) is 29.3 Å². The van der Waals surface area contributed by atoms with Crippen molar-refractivity contribution in [3.8, 4) is 0 Å². The van der Waals surface area contributed by atoms with Crippen LogP contribution in [0.15, 0.2) is 22.8 Å². The fourth-order valence-corrected chi connectivity index (χ4v) is 1.69. The van der Waals surface area contributed by atoms with Crippen LogP contribution in [-0.4, -0.2) is 24.5 Å². The first-order valence-electron chi connectivity index (χ1n) is 5.55. The number of nitrogens with one attached hydrogen (secondary N) is 1. The summed E-state index contributed by atoms with van der Waals surface area (Å²) in [5.74, 6) is -0.369. The highest BCUT2D eigenvalue weighted by Gasteiger charge is 2.13. The standard InChI is InChI=1S/C11H15IN2O4/c12-18-11(16)8(13)4-1-2-6-14-10(15)9-5-3-7-17-9/h3,5,7-8H,1-2,4,6,13H2,(H,14,15). The fourth-order valence-electron chi connectivity index (χ4n) is 1.36. The van der Waals surface area contributed by atoms with E-state index >= 15 is 0 Å². The van der Waals surface area contributed by atoms with Gasteiger partial charge in [0, 0.05) is 6.54 Å². The lowest BCUT2D eigenvalue weighted by Gasteiger charge is -2.07. The first kappa shape index (κ1) is 15.0. The van der Waals surface area contributed by atoms with Crippen molar-refractivity contribution in [2.24, 2.45) is 5.73 Å². The molecule has 6 nitrogen and oxygen atoms in total. The number of carbonyl (C=O) groups excluding carboxylic acids is 2. The smallest absolute Gasteiger partial charge is 0.332 e. The zero-order valence-electron chi connectivity index (χ0n) is 9.73. The second-order valence-corrected chi connectivity index (χ2v) is 4.17. The van der Waals surface area contributed by atoms with Gasteiger partial charge in [0.1, 0.15) is 6.04 Å². The maximum absolute atomic E-state index is 11.5. The van der Waals surface area contributed by atoms with Gasteiger partial charge < -0.3 is 18.5 Å². The number of furan rings is 1. The van der Waals surface area contributed by atoms with E-state index in [0.717, 1.165) is 12.8 Å². The van der Waals surface area contributed by atoms with Gasteiger partial charge in [0.2, 0.25) is 0 Å². The molecule has 1 heterocycles. The number of hydrogen-bond acceptors (Lipinski definition) is 5. The quantitative estimate of drug-likeness (QED) is 0.562. The van der Waals surface area contributed by atoms with Crippen LogP contribution in [0.1, 0.15) is 29.8 Å². The molecule has 0 saturated carbocycles. The number of nitrogens with two attached hydrogens (primary N) is 1. The average Bonchev–Trinajstić information content (AvgIpc) is 2.90. The molecule has 100 valence electrons. The van der Waals surface area contributed by atoms with Gasteiger partial charge in [-0.05, 0) is 31.4 Å². The zero-order valence-corrected chi connectivity index (χ0v) is 11.9. The van der Waals surface area contributed by atoms with E-state index in [2.05, 4.69) is 8.38 Å². The minimum absolute atomic E-state index is 0.240. The van der Waals surface area contributed by atoms with E-state index in [4.69, 9.17) is 10.2 Å². The molecule has 3 N–H and O–H groups in total. The van der Waals surface area contributed by atoms with Crippen molar-refractivity contribution in [2.75, 3.05) is 6.54 Å². The highest BCUT2D eigenvalue weighted by Crippen LogP contribution is 2.03. The van der Waals surface area contributed by atoms with Crippen LogP contribution in [0.2, 0.25) is 0 Å². The predicted molar refractivity (Wildman–Crippen MR) is 73.0 cm³/mol. The SMILES string of the molecule is NC(CCCCNC(=O)c1ccco1)C(=O)OI. The maximum Gasteiger partial charge on any atom is 0.332 e. The summed E-state index contributed by atoms with van der Waals surface area (Å²) in [5.41, 5.74) is 5.57. The summed E-state index contributed by atoms with van der Waals surface area (Å²) < 4.78 is 9.42. The predicted octanol–water partition coefficient (Wildman–Crippen LogP) is 1.40. The molecule has 1 amide bonds. The van der Waals surface area contributed by atoms with Crippen molar-refractivity contribution in [1.82, 2.24) is 5.32 Å².